The summed E-state index contributed by atoms with van der Waals surface area (Å²) in [6, 6.07) is 5.04. The van der Waals surface area contributed by atoms with Gasteiger partial charge in [0.15, 0.2) is 0 Å². The summed E-state index contributed by atoms with van der Waals surface area (Å²) in [4.78, 5) is 27.1. The zero-order chi connectivity index (χ0) is 18.0. The molecule has 0 aromatic carbocycles. The lowest BCUT2D eigenvalue weighted by atomic mass is 10.1. The molecule has 0 unspecified atom stereocenters. The number of thiophene rings is 1. The molecule has 0 amide bonds. The van der Waals surface area contributed by atoms with Crippen molar-refractivity contribution >= 4 is 34.1 Å². The summed E-state index contributed by atoms with van der Waals surface area (Å²) in [5.74, 6) is -0.283. The van der Waals surface area contributed by atoms with Gasteiger partial charge in [-0.25, -0.2) is 9.78 Å². The van der Waals surface area contributed by atoms with Crippen LogP contribution in [0.3, 0.4) is 0 Å². The lowest BCUT2D eigenvalue weighted by Crippen LogP contribution is -2.10. The van der Waals surface area contributed by atoms with Gasteiger partial charge < -0.3 is 4.74 Å². The second-order valence-corrected chi connectivity index (χ2v) is 7.18. The average molecular weight is 375 g/mol. The van der Waals surface area contributed by atoms with E-state index in [2.05, 4.69) is 4.98 Å². The van der Waals surface area contributed by atoms with Crippen LogP contribution in [0.1, 0.15) is 45.9 Å². The molecule has 9 heteroatoms. The topological polar surface area (TPSA) is 106 Å². The number of esters is 1. The van der Waals surface area contributed by atoms with Gasteiger partial charge in [-0.2, -0.15) is 5.26 Å². The molecule has 0 saturated heterocycles. The number of hydrogen-bond donors (Lipinski definition) is 0. The lowest BCUT2D eigenvalue weighted by Gasteiger charge is -2.10. The van der Waals surface area contributed by atoms with Crippen LogP contribution < -0.4 is 0 Å². The first-order valence-electron chi connectivity index (χ1n) is 7.41. The summed E-state index contributed by atoms with van der Waals surface area (Å²) >= 11 is 2.29. The Bertz CT molecular complexity index is 884. The van der Waals surface area contributed by atoms with Gasteiger partial charge in [-0.05, 0) is 25.2 Å². The molecule has 1 aliphatic rings. The van der Waals surface area contributed by atoms with Gasteiger partial charge in [-0.3, -0.25) is 10.1 Å². The maximum absolute atomic E-state index is 12.5. The molecular weight excluding hydrogens is 362 g/mol. The smallest absolute Gasteiger partial charge is 0.339 e. The van der Waals surface area contributed by atoms with Crippen molar-refractivity contribution in [1.82, 2.24) is 4.98 Å². The number of pyridine rings is 1. The van der Waals surface area contributed by atoms with Gasteiger partial charge in [0.1, 0.15) is 17.7 Å². The molecule has 0 aliphatic heterocycles. The van der Waals surface area contributed by atoms with Crippen LogP contribution in [0.15, 0.2) is 22.5 Å². The number of nitriles is 1. The molecule has 0 bridgehead atoms. The molecule has 2 aromatic heterocycles. The Hall–Kier alpha value is -2.44. The molecule has 3 rings (SSSR count). The number of carbonyl (C=O) groups excluding carboxylic acids is 1. The van der Waals surface area contributed by atoms with Crippen LogP contribution in [0, 0.1) is 21.4 Å². The third-order valence-corrected chi connectivity index (χ3v) is 5.33. The maximum Gasteiger partial charge on any atom is 0.339 e. The molecule has 7 nitrogen and oxygen atoms in total. The predicted molar refractivity (Wildman–Crippen MR) is 92.8 cm³/mol. The van der Waals surface area contributed by atoms with E-state index >= 15 is 0 Å². The predicted octanol–water partition coefficient (Wildman–Crippen LogP) is 3.88. The molecule has 0 atom stereocenters. The van der Waals surface area contributed by atoms with Crippen molar-refractivity contribution in [3.63, 3.8) is 0 Å². The van der Waals surface area contributed by atoms with E-state index < -0.39 is 10.9 Å². The number of carbonyl (C=O) groups is 1. The molecule has 128 valence electrons. The van der Waals surface area contributed by atoms with Gasteiger partial charge in [-0.1, -0.05) is 11.3 Å². The fraction of sp³-hybridized carbons (Fsp3) is 0.312. The van der Waals surface area contributed by atoms with Crippen LogP contribution in [0.2, 0.25) is 0 Å². The van der Waals surface area contributed by atoms with Crippen molar-refractivity contribution in [3.05, 3.63) is 50.0 Å². The van der Waals surface area contributed by atoms with Crippen molar-refractivity contribution in [2.45, 2.75) is 30.4 Å². The van der Waals surface area contributed by atoms with Crippen LogP contribution in [0.4, 0.5) is 5.00 Å². The van der Waals surface area contributed by atoms with Gasteiger partial charge in [0.05, 0.1) is 16.1 Å². The van der Waals surface area contributed by atoms with Crippen molar-refractivity contribution in [2.75, 3.05) is 6.26 Å². The van der Waals surface area contributed by atoms with Crippen molar-refractivity contribution < 1.29 is 14.5 Å². The second kappa shape index (κ2) is 7.21. The minimum atomic E-state index is -0.620. The summed E-state index contributed by atoms with van der Waals surface area (Å²) in [7, 11) is 0. The van der Waals surface area contributed by atoms with E-state index in [0.29, 0.717) is 16.5 Å². The molecule has 1 saturated carbocycles. The van der Waals surface area contributed by atoms with E-state index in [-0.39, 0.29) is 22.7 Å². The Morgan fingerprint density at radius 1 is 1.56 bits per heavy atom. The highest BCUT2D eigenvalue weighted by Crippen LogP contribution is 2.40. The van der Waals surface area contributed by atoms with E-state index in [9.17, 15) is 20.2 Å². The Labute approximate surface area is 151 Å². The molecule has 0 spiro atoms. The Balaban J connectivity index is 1.81. The number of aromatic nitrogens is 1. The lowest BCUT2D eigenvalue weighted by molar-refractivity contribution is -0.380. The first kappa shape index (κ1) is 17.4. The number of hydrogen-bond acceptors (Lipinski definition) is 8. The molecular formula is C16H13N3O4S2. The van der Waals surface area contributed by atoms with Crippen molar-refractivity contribution in [2.24, 2.45) is 0 Å². The minimum Gasteiger partial charge on any atom is -0.457 e. The average Bonchev–Trinajstić information content (AvgIpc) is 3.35. The van der Waals surface area contributed by atoms with E-state index in [1.165, 1.54) is 17.8 Å². The standard InChI is InChI=1S/C16H13N3O4S2/c1-24-15-12(6-17)11(5-13(18-15)10-2-3-10)16(20)23-7-9-4-14(19(21)22)25-8-9/h4-5,8,10H,2-3,7H2,1H3. The van der Waals surface area contributed by atoms with Crippen molar-refractivity contribution in [3.8, 4) is 6.07 Å². The van der Waals surface area contributed by atoms with Crippen LogP contribution in [0.5, 0.6) is 0 Å². The molecule has 2 heterocycles. The number of ether oxygens (including phenoxy) is 1. The van der Waals surface area contributed by atoms with E-state index in [1.54, 1.807) is 17.7 Å². The zero-order valence-corrected chi connectivity index (χ0v) is 14.9. The largest absolute Gasteiger partial charge is 0.457 e. The summed E-state index contributed by atoms with van der Waals surface area (Å²) in [6.45, 7) is -0.0796. The first-order valence-corrected chi connectivity index (χ1v) is 9.52. The fourth-order valence-corrected chi connectivity index (χ4v) is 3.58. The third kappa shape index (κ3) is 3.81. The molecule has 0 radical (unpaired) electrons. The van der Waals surface area contributed by atoms with Crippen LogP contribution >= 0.6 is 23.1 Å². The summed E-state index contributed by atoms with van der Waals surface area (Å²) in [6.07, 6.45) is 3.86. The minimum absolute atomic E-state index is 0.00615. The molecule has 1 fully saturated rings. The van der Waals surface area contributed by atoms with E-state index in [0.717, 1.165) is 29.9 Å². The first-order chi connectivity index (χ1) is 12.0. The quantitative estimate of drug-likeness (QED) is 0.326. The van der Waals surface area contributed by atoms with Crippen LogP contribution in [-0.2, 0) is 11.3 Å². The Kier molecular flexibility index (Phi) is 5.01. The van der Waals surface area contributed by atoms with Gasteiger partial charge in [0.25, 0.3) is 0 Å². The van der Waals surface area contributed by atoms with E-state index in [4.69, 9.17) is 4.74 Å². The Morgan fingerprint density at radius 2 is 2.32 bits per heavy atom. The van der Waals surface area contributed by atoms with Crippen LogP contribution in [0.25, 0.3) is 0 Å². The summed E-state index contributed by atoms with van der Waals surface area (Å²) in [5.41, 5.74) is 1.76. The molecule has 25 heavy (non-hydrogen) atoms. The van der Waals surface area contributed by atoms with Gasteiger partial charge in [0.2, 0.25) is 0 Å². The number of rotatable bonds is 6. The molecule has 0 N–H and O–H groups in total. The number of thioether (sulfide) groups is 1. The highest BCUT2D eigenvalue weighted by atomic mass is 32.2. The van der Waals surface area contributed by atoms with Crippen molar-refractivity contribution in [1.29, 1.82) is 5.26 Å². The van der Waals surface area contributed by atoms with Gasteiger partial charge >= 0.3 is 11.0 Å². The second-order valence-electron chi connectivity index (χ2n) is 5.49. The SMILES string of the molecule is CSc1nc(C2CC2)cc(C(=O)OCc2csc([N+](=O)[O-])c2)c1C#N. The zero-order valence-electron chi connectivity index (χ0n) is 13.2. The normalized spacial score (nSPS) is 13.3. The molecule has 2 aromatic rings. The number of nitro groups is 1. The fourth-order valence-electron chi connectivity index (χ4n) is 2.31. The maximum atomic E-state index is 12.5. The van der Waals surface area contributed by atoms with E-state index in [1.807, 2.05) is 6.07 Å². The number of nitrogens with zero attached hydrogens (tertiary/aromatic N) is 3. The van der Waals surface area contributed by atoms with Gasteiger partial charge in [-0.15, -0.1) is 11.8 Å². The highest BCUT2D eigenvalue weighted by molar-refractivity contribution is 7.98. The third-order valence-electron chi connectivity index (χ3n) is 3.72. The summed E-state index contributed by atoms with van der Waals surface area (Å²) < 4.78 is 5.26. The summed E-state index contributed by atoms with van der Waals surface area (Å²) in [5, 5.41) is 22.2. The highest BCUT2D eigenvalue weighted by Gasteiger charge is 2.29. The monoisotopic (exact) mass is 375 g/mol. The van der Waals surface area contributed by atoms with Crippen LogP contribution in [-0.4, -0.2) is 22.1 Å². The Morgan fingerprint density at radius 3 is 2.88 bits per heavy atom. The van der Waals surface area contributed by atoms with Gasteiger partial charge in [0, 0.05) is 28.6 Å². The molecule has 1 aliphatic carbocycles.